The van der Waals surface area contributed by atoms with Crippen LogP contribution in [-0.4, -0.2) is 39.9 Å². The van der Waals surface area contributed by atoms with Gasteiger partial charge in [-0.1, -0.05) is 25.1 Å². The Morgan fingerprint density at radius 3 is 2.69 bits per heavy atom. The zero-order chi connectivity index (χ0) is 18.7. The van der Waals surface area contributed by atoms with Gasteiger partial charge in [-0.3, -0.25) is 14.5 Å². The summed E-state index contributed by atoms with van der Waals surface area (Å²) in [5.41, 5.74) is 0.268. The van der Waals surface area contributed by atoms with Crippen LogP contribution in [0.25, 0.3) is 11.5 Å². The number of amides is 3. The minimum Gasteiger partial charge on any atom is -0.458 e. The van der Waals surface area contributed by atoms with Gasteiger partial charge in [-0.25, -0.2) is 9.78 Å². The second-order valence-electron chi connectivity index (χ2n) is 6.18. The molecule has 1 fully saturated rings. The van der Waals surface area contributed by atoms with Crippen LogP contribution in [-0.2, 0) is 20.9 Å². The Labute approximate surface area is 150 Å². The van der Waals surface area contributed by atoms with E-state index in [0.717, 1.165) is 10.5 Å². The van der Waals surface area contributed by atoms with Gasteiger partial charge in [0.25, 0.3) is 5.91 Å². The molecule has 1 N–H and O–H groups in total. The van der Waals surface area contributed by atoms with E-state index in [2.05, 4.69) is 10.3 Å². The molecule has 1 aromatic carbocycles. The number of imide groups is 1. The number of rotatable bonds is 6. The normalized spacial score (nSPS) is 19.5. The Hall–Kier alpha value is -3.16. The molecular weight excluding hydrogens is 338 g/mol. The van der Waals surface area contributed by atoms with Gasteiger partial charge in [0.15, 0.2) is 0 Å². The molecule has 8 nitrogen and oxygen atoms in total. The van der Waals surface area contributed by atoms with Gasteiger partial charge in [-0.2, -0.15) is 0 Å². The van der Waals surface area contributed by atoms with Gasteiger partial charge in [0.2, 0.25) is 5.89 Å². The fourth-order valence-corrected chi connectivity index (χ4v) is 2.55. The summed E-state index contributed by atoms with van der Waals surface area (Å²) in [5, 5.41) is 2.58. The van der Waals surface area contributed by atoms with Crippen LogP contribution in [0.5, 0.6) is 0 Å². The van der Waals surface area contributed by atoms with E-state index in [0.29, 0.717) is 18.0 Å². The predicted molar refractivity (Wildman–Crippen MR) is 90.7 cm³/mol. The SMILES string of the molecule is CCC1(C)NC(=O)N(CC(=O)OCc2coc(-c3ccccc3)n2)C1=O. The molecule has 1 saturated heterocycles. The maximum absolute atomic E-state index is 12.2. The summed E-state index contributed by atoms with van der Waals surface area (Å²) in [7, 11) is 0. The largest absolute Gasteiger partial charge is 0.458 e. The van der Waals surface area contributed by atoms with Crippen molar-refractivity contribution in [1.29, 1.82) is 0 Å². The van der Waals surface area contributed by atoms with Gasteiger partial charge in [0.05, 0.1) is 0 Å². The second-order valence-corrected chi connectivity index (χ2v) is 6.18. The Morgan fingerprint density at radius 1 is 1.31 bits per heavy atom. The first-order valence-corrected chi connectivity index (χ1v) is 8.22. The summed E-state index contributed by atoms with van der Waals surface area (Å²) < 4.78 is 10.5. The van der Waals surface area contributed by atoms with Crippen LogP contribution in [0.2, 0.25) is 0 Å². The smallest absolute Gasteiger partial charge is 0.326 e. The van der Waals surface area contributed by atoms with Crippen LogP contribution in [0.4, 0.5) is 4.79 Å². The maximum Gasteiger partial charge on any atom is 0.326 e. The topological polar surface area (TPSA) is 102 Å². The van der Waals surface area contributed by atoms with Crippen LogP contribution in [0, 0.1) is 0 Å². The molecule has 136 valence electrons. The molecule has 2 heterocycles. The quantitative estimate of drug-likeness (QED) is 0.627. The summed E-state index contributed by atoms with van der Waals surface area (Å²) >= 11 is 0. The van der Waals surface area contributed by atoms with Crippen molar-refractivity contribution in [3.8, 4) is 11.5 Å². The second kappa shape index (κ2) is 6.99. The molecule has 2 aromatic rings. The van der Waals surface area contributed by atoms with E-state index < -0.39 is 30.0 Å². The monoisotopic (exact) mass is 357 g/mol. The highest BCUT2D eigenvalue weighted by atomic mass is 16.5. The van der Waals surface area contributed by atoms with Crippen molar-refractivity contribution < 1.29 is 23.5 Å². The number of nitrogens with zero attached hydrogens (tertiary/aromatic N) is 2. The molecule has 0 radical (unpaired) electrons. The summed E-state index contributed by atoms with van der Waals surface area (Å²) in [6.45, 7) is 2.86. The van der Waals surface area contributed by atoms with Gasteiger partial charge in [0, 0.05) is 5.56 Å². The van der Waals surface area contributed by atoms with Crippen molar-refractivity contribution >= 4 is 17.9 Å². The standard InChI is InChI=1S/C18H19N3O5/c1-3-18(2)16(23)21(17(24)20-18)9-14(22)25-10-13-11-26-15(19-13)12-7-5-4-6-8-12/h4-8,11H,3,9-10H2,1-2H3,(H,20,24). The van der Waals surface area contributed by atoms with Crippen molar-refractivity contribution in [2.75, 3.05) is 6.54 Å². The Kier molecular flexibility index (Phi) is 4.75. The van der Waals surface area contributed by atoms with Crippen molar-refractivity contribution in [1.82, 2.24) is 15.2 Å². The number of hydrogen-bond donors (Lipinski definition) is 1. The summed E-state index contributed by atoms with van der Waals surface area (Å²) in [6, 6.07) is 8.72. The molecule has 0 spiro atoms. The molecular formula is C18H19N3O5. The Balaban J connectivity index is 1.56. The molecule has 1 atom stereocenters. The Morgan fingerprint density at radius 2 is 2.04 bits per heavy atom. The number of carbonyl (C=O) groups excluding carboxylic acids is 3. The molecule has 26 heavy (non-hydrogen) atoms. The molecule has 8 heteroatoms. The fourth-order valence-electron chi connectivity index (χ4n) is 2.55. The fraction of sp³-hybridized carbons (Fsp3) is 0.333. The number of carbonyl (C=O) groups is 3. The van der Waals surface area contributed by atoms with E-state index in [-0.39, 0.29) is 6.61 Å². The number of benzene rings is 1. The highest BCUT2D eigenvalue weighted by Crippen LogP contribution is 2.21. The zero-order valence-corrected chi connectivity index (χ0v) is 14.5. The van der Waals surface area contributed by atoms with Crippen molar-refractivity contribution in [2.45, 2.75) is 32.4 Å². The maximum atomic E-state index is 12.2. The third-order valence-electron chi connectivity index (χ3n) is 4.29. The van der Waals surface area contributed by atoms with Crippen LogP contribution in [0.1, 0.15) is 26.0 Å². The first kappa shape index (κ1) is 17.7. The molecule has 1 aliphatic rings. The van der Waals surface area contributed by atoms with Gasteiger partial charge >= 0.3 is 12.0 Å². The first-order valence-electron chi connectivity index (χ1n) is 8.22. The number of ether oxygens (including phenoxy) is 1. The molecule has 0 saturated carbocycles. The van der Waals surface area contributed by atoms with E-state index >= 15 is 0 Å². The van der Waals surface area contributed by atoms with Crippen LogP contribution in [0.3, 0.4) is 0 Å². The zero-order valence-electron chi connectivity index (χ0n) is 14.5. The lowest BCUT2D eigenvalue weighted by Crippen LogP contribution is -2.43. The van der Waals surface area contributed by atoms with Gasteiger partial charge in [-0.15, -0.1) is 0 Å². The lowest BCUT2D eigenvalue weighted by molar-refractivity contribution is -0.148. The molecule has 3 rings (SSSR count). The van der Waals surface area contributed by atoms with Gasteiger partial charge in [0.1, 0.15) is 30.6 Å². The van der Waals surface area contributed by atoms with E-state index in [4.69, 9.17) is 9.15 Å². The molecule has 0 bridgehead atoms. The lowest BCUT2D eigenvalue weighted by atomic mass is 9.99. The van der Waals surface area contributed by atoms with E-state index in [9.17, 15) is 14.4 Å². The van der Waals surface area contributed by atoms with E-state index in [1.165, 1.54) is 6.26 Å². The summed E-state index contributed by atoms with van der Waals surface area (Å²) in [6.07, 6.45) is 1.84. The van der Waals surface area contributed by atoms with Crippen molar-refractivity contribution in [3.63, 3.8) is 0 Å². The molecule has 1 aromatic heterocycles. The van der Waals surface area contributed by atoms with E-state index in [1.807, 2.05) is 30.3 Å². The van der Waals surface area contributed by atoms with E-state index in [1.54, 1.807) is 13.8 Å². The number of hydrogen-bond acceptors (Lipinski definition) is 6. The minimum absolute atomic E-state index is 0.107. The van der Waals surface area contributed by atoms with Crippen LogP contribution in [0.15, 0.2) is 41.0 Å². The number of nitrogens with one attached hydrogen (secondary N) is 1. The Bertz CT molecular complexity index is 832. The third-order valence-corrected chi connectivity index (χ3v) is 4.29. The minimum atomic E-state index is -0.978. The number of esters is 1. The van der Waals surface area contributed by atoms with Gasteiger partial charge < -0.3 is 14.5 Å². The van der Waals surface area contributed by atoms with Crippen LogP contribution < -0.4 is 5.32 Å². The molecule has 0 aliphatic carbocycles. The summed E-state index contributed by atoms with van der Waals surface area (Å²) in [5.74, 6) is -0.711. The van der Waals surface area contributed by atoms with Crippen molar-refractivity contribution in [3.05, 3.63) is 42.3 Å². The molecule has 1 aliphatic heterocycles. The van der Waals surface area contributed by atoms with Crippen molar-refractivity contribution in [2.24, 2.45) is 0 Å². The predicted octanol–water partition coefficient (Wildman–Crippen LogP) is 2.11. The average molecular weight is 357 g/mol. The summed E-state index contributed by atoms with van der Waals surface area (Å²) in [4.78, 5) is 41.2. The first-order chi connectivity index (χ1) is 12.4. The third kappa shape index (κ3) is 3.44. The molecule has 3 amide bonds. The highest BCUT2D eigenvalue weighted by molar-refractivity contribution is 6.08. The lowest BCUT2D eigenvalue weighted by Gasteiger charge is -2.18. The highest BCUT2D eigenvalue weighted by Gasteiger charge is 2.47. The molecule has 1 unspecified atom stereocenters. The number of urea groups is 1. The van der Waals surface area contributed by atoms with Crippen LogP contribution >= 0.6 is 0 Å². The average Bonchev–Trinajstić information content (AvgIpc) is 3.20. The number of aromatic nitrogens is 1. The number of oxazole rings is 1. The van der Waals surface area contributed by atoms with Gasteiger partial charge in [-0.05, 0) is 25.5 Å².